The molecule has 0 aromatic heterocycles. The standard InChI is InChI=1S/C18H18F2N2O5S/c1-11(2)22-28(25,26)14-5-3-4-12(8-14)18(24)27-10-17(23)21-13-6-7-15(19)16(20)9-13/h3-9,11,22H,10H2,1-2H3,(H,21,23). The molecule has 0 radical (unpaired) electrons. The highest BCUT2D eigenvalue weighted by Gasteiger charge is 2.18. The van der Waals surface area contributed by atoms with Crippen molar-refractivity contribution in [3.05, 3.63) is 59.7 Å². The third kappa shape index (κ3) is 5.83. The molecule has 0 atom stereocenters. The van der Waals surface area contributed by atoms with Crippen molar-refractivity contribution in [1.82, 2.24) is 4.72 Å². The fourth-order valence-electron chi connectivity index (χ4n) is 2.15. The Morgan fingerprint density at radius 2 is 1.79 bits per heavy atom. The summed E-state index contributed by atoms with van der Waals surface area (Å²) in [6.45, 7) is 2.61. The van der Waals surface area contributed by atoms with E-state index in [-0.39, 0.29) is 22.2 Å². The Bertz CT molecular complexity index is 993. The molecule has 0 heterocycles. The quantitative estimate of drug-likeness (QED) is 0.681. The zero-order chi connectivity index (χ0) is 20.9. The van der Waals surface area contributed by atoms with Gasteiger partial charge in [-0.25, -0.2) is 26.7 Å². The summed E-state index contributed by atoms with van der Waals surface area (Å²) < 4.78 is 57.5. The minimum atomic E-state index is -3.80. The van der Waals surface area contributed by atoms with E-state index in [1.807, 2.05) is 0 Å². The Morgan fingerprint density at radius 1 is 1.07 bits per heavy atom. The lowest BCUT2D eigenvalue weighted by atomic mass is 10.2. The maximum absolute atomic E-state index is 13.1. The molecule has 1 amide bonds. The smallest absolute Gasteiger partial charge is 0.338 e. The summed E-state index contributed by atoms with van der Waals surface area (Å²) >= 11 is 0. The summed E-state index contributed by atoms with van der Waals surface area (Å²) in [6, 6.07) is 7.59. The molecule has 0 saturated heterocycles. The first-order valence-electron chi connectivity index (χ1n) is 8.13. The predicted molar refractivity (Wildman–Crippen MR) is 97.2 cm³/mol. The van der Waals surface area contributed by atoms with Crippen molar-refractivity contribution in [2.75, 3.05) is 11.9 Å². The molecule has 0 spiro atoms. The summed E-state index contributed by atoms with van der Waals surface area (Å²) in [4.78, 5) is 23.7. The van der Waals surface area contributed by atoms with Crippen LogP contribution in [0.1, 0.15) is 24.2 Å². The molecule has 0 aliphatic carbocycles. The Labute approximate surface area is 160 Å². The molecule has 150 valence electrons. The molecular formula is C18H18F2N2O5S. The van der Waals surface area contributed by atoms with Gasteiger partial charge in [-0.05, 0) is 44.2 Å². The van der Waals surface area contributed by atoms with Crippen LogP contribution in [0.25, 0.3) is 0 Å². The van der Waals surface area contributed by atoms with E-state index in [4.69, 9.17) is 4.74 Å². The molecule has 0 fully saturated rings. The number of anilines is 1. The van der Waals surface area contributed by atoms with Gasteiger partial charge in [0.05, 0.1) is 10.5 Å². The molecule has 2 N–H and O–H groups in total. The van der Waals surface area contributed by atoms with E-state index in [1.54, 1.807) is 13.8 Å². The molecule has 2 rings (SSSR count). The van der Waals surface area contributed by atoms with Gasteiger partial charge in [0.15, 0.2) is 18.2 Å². The van der Waals surface area contributed by atoms with Crippen LogP contribution < -0.4 is 10.0 Å². The monoisotopic (exact) mass is 412 g/mol. The van der Waals surface area contributed by atoms with Gasteiger partial charge in [0, 0.05) is 17.8 Å². The van der Waals surface area contributed by atoms with Crippen molar-refractivity contribution >= 4 is 27.6 Å². The normalized spacial score (nSPS) is 11.3. The number of hydrogen-bond acceptors (Lipinski definition) is 5. The molecular weight excluding hydrogens is 394 g/mol. The molecule has 0 unspecified atom stereocenters. The van der Waals surface area contributed by atoms with E-state index >= 15 is 0 Å². The largest absolute Gasteiger partial charge is 0.452 e. The molecule has 0 bridgehead atoms. The van der Waals surface area contributed by atoms with Crippen molar-refractivity contribution in [2.45, 2.75) is 24.8 Å². The summed E-state index contributed by atoms with van der Waals surface area (Å²) in [6.07, 6.45) is 0. The second kappa shape index (κ2) is 8.89. The number of halogens is 2. The van der Waals surface area contributed by atoms with Crippen LogP contribution in [0.4, 0.5) is 14.5 Å². The first kappa shape index (κ1) is 21.5. The van der Waals surface area contributed by atoms with Crippen LogP contribution in [-0.2, 0) is 19.6 Å². The SMILES string of the molecule is CC(C)NS(=O)(=O)c1cccc(C(=O)OCC(=O)Nc2ccc(F)c(F)c2)c1. The number of rotatable bonds is 7. The third-order valence-electron chi connectivity index (χ3n) is 3.31. The van der Waals surface area contributed by atoms with E-state index in [1.165, 1.54) is 18.2 Å². The zero-order valence-corrected chi connectivity index (χ0v) is 15.8. The Morgan fingerprint density at radius 3 is 2.43 bits per heavy atom. The topological polar surface area (TPSA) is 102 Å². The summed E-state index contributed by atoms with van der Waals surface area (Å²) in [5.74, 6) is -3.89. The van der Waals surface area contributed by atoms with E-state index < -0.39 is 40.1 Å². The van der Waals surface area contributed by atoms with Crippen LogP contribution in [0.5, 0.6) is 0 Å². The van der Waals surface area contributed by atoms with E-state index in [0.717, 1.165) is 24.3 Å². The highest BCUT2D eigenvalue weighted by Crippen LogP contribution is 2.14. The molecule has 0 aliphatic rings. The van der Waals surface area contributed by atoms with Crippen LogP contribution in [0, 0.1) is 11.6 Å². The van der Waals surface area contributed by atoms with E-state index in [2.05, 4.69) is 10.0 Å². The number of nitrogens with one attached hydrogen (secondary N) is 2. The Balaban J connectivity index is 2.00. The minimum absolute atomic E-state index is 0.00667. The van der Waals surface area contributed by atoms with Gasteiger partial charge in [-0.15, -0.1) is 0 Å². The maximum atomic E-state index is 13.1. The van der Waals surface area contributed by atoms with Crippen molar-refractivity contribution in [2.24, 2.45) is 0 Å². The summed E-state index contributed by atoms with van der Waals surface area (Å²) in [5.41, 5.74) is -0.0694. The number of hydrogen-bond donors (Lipinski definition) is 2. The number of amides is 1. The van der Waals surface area contributed by atoms with Gasteiger partial charge in [0.1, 0.15) is 0 Å². The van der Waals surface area contributed by atoms with E-state index in [0.29, 0.717) is 0 Å². The van der Waals surface area contributed by atoms with Gasteiger partial charge in [-0.3, -0.25) is 4.79 Å². The van der Waals surface area contributed by atoms with Gasteiger partial charge in [0.25, 0.3) is 5.91 Å². The lowest BCUT2D eigenvalue weighted by molar-refractivity contribution is -0.119. The van der Waals surface area contributed by atoms with Crippen molar-refractivity contribution < 1.29 is 31.5 Å². The average molecular weight is 412 g/mol. The lowest BCUT2D eigenvalue weighted by Gasteiger charge is -2.11. The van der Waals surface area contributed by atoms with Crippen molar-refractivity contribution in [3.63, 3.8) is 0 Å². The first-order valence-corrected chi connectivity index (χ1v) is 9.61. The van der Waals surface area contributed by atoms with Gasteiger partial charge in [-0.2, -0.15) is 0 Å². The molecule has 0 saturated carbocycles. The molecule has 10 heteroatoms. The van der Waals surface area contributed by atoms with Gasteiger partial charge < -0.3 is 10.1 Å². The van der Waals surface area contributed by atoms with Crippen LogP contribution in [0.15, 0.2) is 47.4 Å². The summed E-state index contributed by atoms with van der Waals surface area (Å²) in [7, 11) is -3.80. The Hall–Kier alpha value is -2.85. The van der Waals surface area contributed by atoms with Gasteiger partial charge in [0.2, 0.25) is 10.0 Å². The average Bonchev–Trinajstić information content (AvgIpc) is 2.62. The van der Waals surface area contributed by atoms with Crippen LogP contribution in [0.3, 0.4) is 0 Å². The second-order valence-corrected chi connectivity index (χ2v) is 7.77. The first-order chi connectivity index (χ1) is 13.1. The number of carbonyl (C=O) groups is 2. The summed E-state index contributed by atoms with van der Waals surface area (Å²) in [5, 5.41) is 2.25. The van der Waals surface area contributed by atoms with Crippen LogP contribution in [0.2, 0.25) is 0 Å². The number of benzene rings is 2. The minimum Gasteiger partial charge on any atom is -0.452 e. The van der Waals surface area contributed by atoms with E-state index in [9.17, 15) is 26.8 Å². The number of carbonyl (C=O) groups excluding carboxylic acids is 2. The van der Waals surface area contributed by atoms with Crippen molar-refractivity contribution in [1.29, 1.82) is 0 Å². The number of sulfonamides is 1. The highest BCUT2D eigenvalue weighted by molar-refractivity contribution is 7.89. The highest BCUT2D eigenvalue weighted by atomic mass is 32.2. The predicted octanol–water partition coefficient (Wildman–Crippen LogP) is 2.45. The fraction of sp³-hybridized carbons (Fsp3) is 0.222. The molecule has 2 aromatic carbocycles. The maximum Gasteiger partial charge on any atom is 0.338 e. The van der Waals surface area contributed by atoms with Crippen LogP contribution >= 0.6 is 0 Å². The number of esters is 1. The zero-order valence-electron chi connectivity index (χ0n) is 15.0. The third-order valence-corrected chi connectivity index (χ3v) is 4.96. The number of ether oxygens (including phenoxy) is 1. The molecule has 28 heavy (non-hydrogen) atoms. The van der Waals surface area contributed by atoms with Crippen molar-refractivity contribution in [3.8, 4) is 0 Å². The van der Waals surface area contributed by atoms with Gasteiger partial charge >= 0.3 is 5.97 Å². The lowest BCUT2D eigenvalue weighted by Crippen LogP contribution is -2.30. The molecule has 0 aliphatic heterocycles. The molecule has 2 aromatic rings. The molecule has 7 nitrogen and oxygen atoms in total. The Kier molecular flexibility index (Phi) is 6.81. The van der Waals surface area contributed by atoms with Crippen LogP contribution in [-0.4, -0.2) is 32.9 Å². The fourth-order valence-corrected chi connectivity index (χ4v) is 3.45. The second-order valence-electron chi connectivity index (χ2n) is 6.06. The van der Waals surface area contributed by atoms with Gasteiger partial charge in [-0.1, -0.05) is 6.07 Å².